The van der Waals surface area contributed by atoms with Gasteiger partial charge in [0.1, 0.15) is 11.6 Å². The number of hydrogen-bond donors (Lipinski definition) is 2. The molecule has 1 saturated heterocycles. The summed E-state index contributed by atoms with van der Waals surface area (Å²) in [4.78, 5) is 47.3. The van der Waals surface area contributed by atoms with Crippen molar-refractivity contribution < 1.29 is 32.7 Å². The average molecular weight is 369 g/mol. The summed E-state index contributed by atoms with van der Waals surface area (Å²) < 4.78 is 31.5. The zero-order valence-electron chi connectivity index (χ0n) is 13.9. The number of imide groups is 1. The van der Waals surface area contributed by atoms with Gasteiger partial charge in [0, 0.05) is 19.0 Å². The molecule has 2 N–H and O–H groups in total. The van der Waals surface area contributed by atoms with Gasteiger partial charge < -0.3 is 15.4 Å². The molecule has 2 rings (SSSR count). The number of carbonyl (C=O) groups is 4. The summed E-state index contributed by atoms with van der Waals surface area (Å²) in [5, 5.41) is 4.48. The van der Waals surface area contributed by atoms with Gasteiger partial charge in [-0.25, -0.2) is 13.6 Å². The van der Waals surface area contributed by atoms with Crippen LogP contribution in [-0.2, 0) is 19.1 Å². The Morgan fingerprint density at radius 3 is 2.73 bits per heavy atom. The van der Waals surface area contributed by atoms with E-state index >= 15 is 0 Å². The Labute approximate surface area is 147 Å². The number of benzene rings is 1. The summed E-state index contributed by atoms with van der Waals surface area (Å²) in [7, 11) is 0. The Balaban J connectivity index is 1.77. The Bertz CT molecular complexity index is 725. The van der Waals surface area contributed by atoms with Crippen molar-refractivity contribution in [3.05, 3.63) is 29.8 Å². The maximum atomic E-state index is 13.5. The van der Waals surface area contributed by atoms with Crippen molar-refractivity contribution in [1.82, 2.24) is 10.2 Å². The second-order valence-corrected chi connectivity index (χ2v) is 5.55. The molecule has 0 radical (unpaired) electrons. The minimum absolute atomic E-state index is 0.0504. The summed E-state index contributed by atoms with van der Waals surface area (Å²) in [5.41, 5.74) is -0.364. The van der Waals surface area contributed by atoms with E-state index in [9.17, 15) is 28.0 Å². The van der Waals surface area contributed by atoms with Gasteiger partial charge in [-0.05, 0) is 25.5 Å². The maximum absolute atomic E-state index is 13.5. The van der Waals surface area contributed by atoms with E-state index in [0.29, 0.717) is 0 Å². The van der Waals surface area contributed by atoms with Crippen LogP contribution in [-0.4, -0.2) is 47.9 Å². The Kier molecular flexibility index (Phi) is 6.21. The van der Waals surface area contributed by atoms with E-state index in [4.69, 9.17) is 4.74 Å². The number of rotatable bonds is 7. The number of amides is 4. The number of ether oxygens (including phenoxy) is 1. The highest BCUT2D eigenvalue weighted by atomic mass is 19.1. The minimum atomic E-state index is -1.23. The summed E-state index contributed by atoms with van der Waals surface area (Å²) in [6, 6.07) is 2.05. The number of nitrogens with one attached hydrogen (secondary N) is 2. The summed E-state index contributed by atoms with van der Waals surface area (Å²) in [6.45, 7) is 1.26. The second kappa shape index (κ2) is 8.37. The van der Waals surface area contributed by atoms with Crippen molar-refractivity contribution in [2.24, 2.45) is 0 Å². The molecule has 1 aromatic carbocycles. The van der Waals surface area contributed by atoms with E-state index in [2.05, 4.69) is 10.6 Å². The van der Waals surface area contributed by atoms with Crippen molar-refractivity contribution in [2.75, 3.05) is 18.4 Å². The SMILES string of the molecule is C[C@H](OC(=O)CCCN1C(=O)CNC1=O)C(=O)Nc1cc(F)ccc1F. The molecule has 1 aromatic rings. The first-order valence-corrected chi connectivity index (χ1v) is 7.81. The van der Waals surface area contributed by atoms with E-state index in [0.717, 1.165) is 23.1 Å². The highest BCUT2D eigenvalue weighted by Gasteiger charge is 2.28. The standard InChI is InChI=1S/C16H17F2N3O5/c1-9(15(24)20-12-7-10(17)4-5-11(12)18)26-14(23)3-2-6-21-13(22)8-19-16(21)25/h4-5,7,9H,2-3,6,8H2,1H3,(H,19,25)(H,20,24)/t9-/m0/s1. The number of carbonyl (C=O) groups excluding carboxylic acids is 4. The summed E-state index contributed by atoms with van der Waals surface area (Å²) >= 11 is 0. The first-order chi connectivity index (χ1) is 12.3. The van der Waals surface area contributed by atoms with E-state index in [1.54, 1.807) is 0 Å². The molecule has 26 heavy (non-hydrogen) atoms. The van der Waals surface area contributed by atoms with Crippen LogP contribution >= 0.6 is 0 Å². The van der Waals surface area contributed by atoms with Gasteiger partial charge in [0.2, 0.25) is 5.91 Å². The first kappa shape index (κ1) is 19.3. The quantitative estimate of drug-likeness (QED) is 0.554. The van der Waals surface area contributed by atoms with Gasteiger partial charge in [-0.3, -0.25) is 19.3 Å². The third-order valence-corrected chi connectivity index (χ3v) is 3.56. The summed E-state index contributed by atoms with van der Waals surface area (Å²) in [6.07, 6.45) is -1.18. The molecule has 1 aliphatic heterocycles. The summed E-state index contributed by atoms with van der Waals surface area (Å²) in [5.74, 6) is -3.48. The van der Waals surface area contributed by atoms with Crippen molar-refractivity contribution in [2.45, 2.75) is 25.9 Å². The molecule has 0 bridgehead atoms. The highest BCUT2D eigenvalue weighted by molar-refractivity contribution is 6.01. The molecule has 1 atom stereocenters. The van der Waals surface area contributed by atoms with Crippen LogP contribution in [0.25, 0.3) is 0 Å². The van der Waals surface area contributed by atoms with Crippen LogP contribution < -0.4 is 10.6 Å². The number of hydrogen-bond acceptors (Lipinski definition) is 5. The number of esters is 1. The smallest absolute Gasteiger partial charge is 0.324 e. The Hall–Kier alpha value is -3.04. The maximum Gasteiger partial charge on any atom is 0.324 e. The second-order valence-electron chi connectivity index (χ2n) is 5.55. The van der Waals surface area contributed by atoms with Gasteiger partial charge >= 0.3 is 12.0 Å². The molecule has 0 spiro atoms. The zero-order chi connectivity index (χ0) is 19.3. The molecule has 0 unspecified atom stereocenters. The van der Waals surface area contributed by atoms with Crippen LogP contribution in [0.5, 0.6) is 0 Å². The fourth-order valence-electron chi connectivity index (χ4n) is 2.20. The van der Waals surface area contributed by atoms with E-state index in [-0.39, 0.29) is 37.5 Å². The molecule has 8 nitrogen and oxygen atoms in total. The predicted molar refractivity (Wildman–Crippen MR) is 84.9 cm³/mol. The van der Waals surface area contributed by atoms with Crippen LogP contribution in [0.15, 0.2) is 18.2 Å². The van der Waals surface area contributed by atoms with Crippen molar-refractivity contribution in [3.63, 3.8) is 0 Å². The van der Waals surface area contributed by atoms with Crippen molar-refractivity contribution in [3.8, 4) is 0 Å². The molecule has 140 valence electrons. The molecule has 10 heteroatoms. The third-order valence-electron chi connectivity index (χ3n) is 3.56. The Morgan fingerprint density at radius 2 is 2.08 bits per heavy atom. The van der Waals surface area contributed by atoms with Crippen LogP contribution in [0.3, 0.4) is 0 Å². The van der Waals surface area contributed by atoms with Crippen LogP contribution in [0, 0.1) is 11.6 Å². The van der Waals surface area contributed by atoms with Crippen LogP contribution in [0.4, 0.5) is 19.3 Å². The van der Waals surface area contributed by atoms with E-state index < -0.39 is 35.6 Å². The monoisotopic (exact) mass is 369 g/mol. The Morgan fingerprint density at radius 1 is 1.35 bits per heavy atom. The van der Waals surface area contributed by atoms with Gasteiger partial charge in [0.15, 0.2) is 6.10 Å². The van der Waals surface area contributed by atoms with E-state index in [1.807, 2.05) is 0 Å². The number of urea groups is 1. The largest absolute Gasteiger partial charge is 0.453 e. The van der Waals surface area contributed by atoms with Gasteiger partial charge in [-0.1, -0.05) is 0 Å². The van der Waals surface area contributed by atoms with Crippen molar-refractivity contribution in [1.29, 1.82) is 0 Å². The fourth-order valence-corrected chi connectivity index (χ4v) is 2.20. The molecule has 0 aromatic heterocycles. The molecule has 1 fully saturated rings. The molecular weight excluding hydrogens is 352 g/mol. The fraction of sp³-hybridized carbons (Fsp3) is 0.375. The van der Waals surface area contributed by atoms with Crippen molar-refractivity contribution >= 4 is 29.5 Å². The van der Waals surface area contributed by atoms with E-state index in [1.165, 1.54) is 6.92 Å². The lowest BCUT2D eigenvalue weighted by atomic mass is 10.2. The van der Waals surface area contributed by atoms with Crippen LogP contribution in [0.1, 0.15) is 19.8 Å². The average Bonchev–Trinajstić information content (AvgIpc) is 2.90. The topological polar surface area (TPSA) is 105 Å². The number of anilines is 1. The lowest BCUT2D eigenvalue weighted by Gasteiger charge is -2.15. The van der Waals surface area contributed by atoms with Gasteiger partial charge in [0.25, 0.3) is 5.91 Å². The molecule has 1 heterocycles. The van der Waals surface area contributed by atoms with Gasteiger partial charge in [-0.15, -0.1) is 0 Å². The lowest BCUT2D eigenvalue weighted by Crippen LogP contribution is -2.33. The van der Waals surface area contributed by atoms with Gasteiger partial charge in [-0.2, -0.15) is 0 Å². The number of nitrogens with zero attached hydrogens (tertiary/aromatic N) is 1. The zero-order valence-corrected chi connectivity index (χ0v) is 13.9. The minimum Gasteiger partial charge on any atom is -0.453 e. The molecule has 0 aliphatic carbocycles. The molecular formula is C16H17F2N3O5. The molecule has 4 amide bonds. The molecule has 0 saturated carbocycles. The normalized spacial score (nSPS) is 14.8. The lowest BCUT2D eigenvalue weighted by molar-refractivity contribution is -0.153. The predicted octanol–water partition coefficient (Wildman–Crippen LogP) is 1.17. The van der Waals surface area contributed by atoms with Crippen LogP contribution in [0.2, 0.25) is 0 Å². The number of halogens is 2. The molecule has 1 aliphatic rings. The van der Waals surface area contributed by atoms with Gasteiger partial charge in [0.05, 0.1) is 12.2 Å². The third kappa shape index (κ3) is 4.98. The highest BCUT2D eigenvalue weighted by Crippen LogP contribution is 2.16. The first-order valence-electron chi connectivity index (χ1n) is 7.81.